The topological polar surface area (TPSA) is 112 Å². The molecule has 2 N–H and O–H groups in total. The van der Waals surface area contributed by atoms with Crippen molar-refractivity contribution in [1.82, 2.24) is 9.47 Å². The van der Waals surface area contributed by atoms with Crippen LogP contribution in [0.3, 0.4) is 0 Å². The van der Waals surface area contributed by atoms with Crippen LogP contribution in [0.25, 0.3) is 11.6 Å². The van der Waals surface area contributed by atoms with Crippen LogP contribution in [0.1, 0.15) is 29.7 Å². The van der Waals surface area contributed by atoms with E-state index in [0.29, 0.717) is 30.8 Å². The molecule has 0 unspecified atom stereocenters. The number of carboxylic acids is 1. The highest BCUT2D eigenvalue weighted by Gasteiger charge is 2.27. The summed E-state index contributed by atoms with van der Waals surface area (Å²) in [4.78, 5) is 41.9. The summed E-state index contributed by atoms with van der Waals surface area (Å²) < 4.78 is 1.21. The highest BCUT2D eigenvalue weighted by Crippen LogP contribution is 2.34. The fraction of sp³-hybridized carbons (Fsp3) is 0.333. The number of hydrogen-bond donors (Lipinski definition) is 2. The fourth-order valence-electron chi connectivity index (χ4n) is 3.74. The number of carboxylic acid groups (broad SMARTS) is 1. The lowest BCUT2D eigenvalue weighted by Crippen LogP contribution is -2.40. The van der Waals surface area contributed by atoms with Gasteiger partial charge in [0.1, 0.15) is 0 Å². The average Bonchev–Trinajstić information content (AvgIpc) is 3.27. The second-order valence-corrected chi connectivity index (χ2v) is 8.32. The first-order chi connectivity index (χ1) is 14.4. The number of aromatic hydroxyl groups is 1. The number of para-hydroxylation sites is 1. The second-order valence-electron chi connectivity index (χ2n) is 7.33. The van der Waals surface area contributed by atoms with E-state index in [-0.39, 0.29) is 29.6 Å². The van der Waals surface area contributed by atoms with Crippen molar-refractivity contribution in [3.05, 3.63) is 44.4 Å². The molecule has 1 saturated heterocycles. The third-order valence-electron chi connectivity index (χ3n) is 5.48. The van der Waals surface area contributed by atoms with Gasteiger partial charge in [0, 0.05) is 43.4 Å². The van der Waals surface area contributed by atoms with Crippen LogP contribution in [-0.2, 0) is 16.1 Å². The summed E-state index contributed by atoms with van der Waals surface area (Å²) >= 11 is 0.922. The fourth-order valence-corrected chi connectivity index (χ4v) is 4.61. The number of fused-ring (bicyclic) bond motifs is 1. The van der Waals surface area contributed by atoms with Gasteiger partial charge in [0.25, 0.3) is 0 Å². The number of thiazole rings is 1. The molecule has 1 fully saturated rings. The molecule has 0 spiro atoms. The molecular formula is C21H21N3O5S. The maximum atomic E-state index is 12.4. The lowest BCUT2D eigenvalue weighted by Gasteiger charge is -2.30. The molecule has 2 aliphatic heterocycles. The zero-order chi connectivity index (χ0) is 21.3. The van der Waals surface area contributed by atoms with Gasteiger partial charge in [-0.05, 0) is 25.0 Å². The number of rotatable bonds is 5. The lowest BCUT2D eigenvalue weighted by molar-refractivity contribution is -0.145. The van der Waals surface area contributed by atoms with E-state index in [9.17, 15) is 19.5 Å². The Bertz CT molecular complexity index is 1110. The molecule has 2 aromatic rings. The standard InChI is InChI=1S/C21H21N3O5S/c25-18(23-8-5-13(6-9-23)20(27)28)7-10-24-19(26)17(30-21(24)29)11-14-12-22-16-4-2-1-3-15(14)16/h1-4,11-13,26H,5-10H2,(H,27,28)/b14-11+. The number of aliphatic imine (C=N–C) groups is 1. The Morgan fingerprint density at radius 2 is 1.97 bits per heavy atom. The van der Waals surface area contributed by atoms with Crippen molar-refractivity contribution in [1.29, 1.82) is 0 Å². The Morgan fingerprint density at radius 3 is 2.70 bits per heavy atom. The molecular weight excluding hydrogens is 406 g/mol. The minimum atomic E-state index is -0.826. The molecule has 0 atom stereocenters. The predicted octanol–water partition coefficient (Wildman–Crippen LogP) is 2.59. The Balaban J connectivity index is 1.43. The summed E-state index contributed by atoms with van der Waals surface area (Å²) in [6.45, 7) is 0.875. The van der Waals surface area contributed by atoms with E-state index >= 15 is 0 Å². The largest absolute Gasteiger partial charge is 0.493 e. The van der Waals surface area contributed by atoms with Gasteiger partial charge in [-0.25, -0.2) is 0 Å². The maximum Gasteiger partial charge on any atom is 0.310 e. The summed E-state index contributed by atoms with van der Waals surface area (Å²) in [5.41, 5.74) is 2.59. The van der Waals surface area contributed by atoms with Gasteiger partial charge in [-0.2, -0.15) is 0 Å². The number of hydrogen-bond acceptors (Lipinski definition) is 6. The molecule has 0 bridgehead atoms. The van der Waals surface area contributed by atoms with E-state index in [2.05, 4.69) is 4.99 Å². The SMILES string of the molecule is O=C(O)C1CCN(C(=O)CCn2c(O)c(/C=C3\C=Nc4ccccc43)sc2=O)CC1. The van der Waals surface area contributed by atoms with E-state index in [0.717, 1.165) is 28.2 Å². The number of likely N-dealkylation sites (tertiary alicyclic amines) is 1. The van der Waals surface area contributed by atoms with Gasteiger partial charge in [-0.1, -0.05) is 29.5 Å². The molecule has 30 heavy (non-hydrogen) atoms. The third kappa shape index (κ3) is 3.93. The summed E-state index contributed by atoms with van der Waals surface area (Å²) in [7, 11) is 0. The van der Waals surface area contributed by atoms with Crippen molar-refractivity contribution < 1.29 is 19.8 Å². The molecule has 0 radical (unpaired) electrons. The quantitative estimate of drug-likeness (QED) is 0.762. The van der Waals surface area contributed by atoms with Crippen LogP contribution in [0.2, 0.25) is 0 Å². The zero-order valence-electron chi connectivity index (χ0n) is 16.2. The molecule has 1 aromatic carbocycles. The molecule has 0 aliphatic carbocycles. The van der Waals surface area contributed by atoms with Gasteiger partial charge in [0.15, 0.2) is 0 Å². The first-order valence-electron chi connectivity index (χ1n) is 9.72. The number of piperidine rings is 1. The van der Waals surface area contributed by atoms with Crippen LogP contribution in [-0.4, -0.2) is 50.9 Å². The molecule has 156 valence electrons. The highest BCUT2D eigenvalue weighted by molar-refractivity contribution is 7.10. The van der Waals surface area contributed by atoms with E-state index in [1.807, 2.05) is 24.3 Å². The second kappa shape index (κ2) is 8.27. The monoisotopic (exact) mass is 427 g/mol. The molecule has 3 heterocycles. The number of carbonyl (C=O) groups excluding carboxylic acids is 1. The van der Waals surface area contributed by atoms with E-state index < -0.39 is 11.9 Å². The van der Waals surface area contributed by atoms with Crippen molar-refractivity contribution in [2.24, 2.45) is 10.9 Å². The zero-order valence-corrected chi connectivity index (χ0v) is 17.0. The van der Waals surface area contributed by atoms with Crippen LogP contribution >= 0.6 is 11.3 Å². The Hall–Kier alpha value is -3.20. The minimum absolute atomic E-state index is 0.0717. The van der Waals surface area contributed by atoms with Gasteiger partial charge < -0.3 is 15.1 Å². The van der Waals surface area contributed by atoms with Crippen LogP contribution in [0, 0.1) is 5.92 Å². The number of carbonyl (C=O) groups is 2. The van der Waals surface area contributed by atoms with E-state index in [1.54, 1.807) is 17.2 Å². The molecule has 2 aliphatic rings. The van der Waals surface area contributed by atoms with Crippen LogP contribution in [0.5, 0.6) is 5.88 Å². The van der Waals surface area contributed by atoms with E-state index in [1.165, 1.54) is 4.57 Å². The molecule has 0 saturated carbocycles. The summed E-state index contributed by atoms with van der Waals surface area (Å²) in [6, 6.07) is 7.62. The van der Waals surface area contributed by atoms with Crippen LogP contribution < -0.4 is 4.87 Å². The molecule has 8 nitrogen and oxygen atoms in total. The summed E-state index contributed by atoms with van der Waals surface area (Å²) in [5, 5.41) is 19.6. The van der Waals surface area contributed by atoms with Crippen LogP contribution in [0.15, 0.2) is 34.1 Å². The van der Waals surface area contributed by atoms with Crippen LogP contribution in [0.4, 0.5) is 5.69 Å². The van der Waals surface area contributed by atoms with Gasteiger partial charge >= 0.3 is 10.8 Å². The molecule has 1 aromatic heterocycles. The van der Waals surface area contributed by atoms with Crippen molar-refractivity contribution in [2.45, 2.75) is 25.8 Å². The number of nitrogens with zero attached hydrogens (tertiary/aromatic N) is 3. The van der Waals surface area contributed by atoms with Crippen molar-refractivity contribution in [3.8, 4) is 5.88 Å². The maximum absolute atomic E-state index is 12.4. The summed E-state index contributed by atoms with van der Waals surface area (Å²) in [6.07, 6.45) is 4.37. The first-order valence-corrected chi connectivity index (χ1v) is 10.5. The molecule has 9 heteroatoms. The van der Waals surface area contributed by atoms with Crippen molar-refractivity contribution in [2.75, 3.05) is 13.1 Å². The number of benzene rings is 1. The van der Waals surface area contributed by atoms with E-state index in [4.69, 9.17) is 5.11 Å². The van der Waals surface area contributed by atoms with Gasteiger partial charge in [0.05, 0.1) is 16.5 Å². The Labute approximate surface area is 176 Å². The smallest absolute Gasteiger partial charge is 0.310 e. The van der Waals surface area contributed by atoms with Crippen molar-refractivity contribution >= 4 is 46.8 Å². The highest BCUT2D eigenvalue weighted by atomic mass is 32.1. The number of amides is 1. The number of aromatic nitrogens is 1. The Kier molecular flexibility index (Phi) is 5.54. The number of allylic oxidation sites excluding steroid dienone is 1. The Morgan fingerprint density at radius 1 is 1.23 bits per heavy atom. The molecule has 4 rings (SSSR count). The number of aliphatic carboxylic acids is 1. The summed E-state index contributed by atoms with van der Waals surface area (Å²) in [5.74, 6) is -1.54. The third-order valence-corrected chi connectivity index (χ3v) is 6.40. The minimum Gasteiger partial charge on any atom is -0.493 e. The van der Waals surface area contributed by atoms with Gasteiger partial charge in [0.2, 0.25) is 11.8 Å². The van der Waals surface area contributed by atoms with Gasteiger partial charge in [-0.3, -0.25) is 23.9 Å². The lowest BCUT2D eigenvalue weighted by atomic mass is 9.97. The van der Waals surface area contributed by atoms with Gasteiger partial charge in [-0.15, -0.1) is 0 Å². The van der Waals surface area contributed by atoms with Crippen molar-refractivity contribution in [3.63, 3.8) is 0 Å². The first kappa shape index (κ1) is 20.1. The normalized spacial score (nSPS) is 17.5. The predicted molar refractivity (Wildman–Crippen MR) is 114 cm³/mol. The molecule has 1 amide bonds. The average molecular weight is 427 g/mol.